The molecular weight excluding hydrogens is 495 g/mol. The van der Waals surface area contributed by atoms with E-state index in [4.69, 9.17) is 12.2 Å². The Morgan fingerprint density at radius 1 is 1.06 bits per heavy atom. The van der Waals surface area contributed by atoms with Crippen molar-refractivity contribution in [2.45, 2.75) is 22.7 Å². The van der Waals surface area contributed by atoms with Gasteiger partial charge in [-0.2, -0.15) is 0 Å². The van der Waals surface area contributed by atoms with Gasteiger partial charge in [0.2, 0.25) is 5.91 Å². The largest absolute Gasteiger partial charge is 0.313 e. The highest BCUT2D eigenvalue weighted by atomic mass is 32.2. The van der Waals surface area contributed by atoms with Gasteiger partial charge in [0, 0.05) is 42.7 Å². The summed E-state index contributed by atoms with van der Waals surface area (Å²) in [5.74, 6) is -1.43. The first-order valence-corrected chi connectivity index (χ1v) is 12.8. The molecule has 2 fully saturated rings. The average Bonchev–Trinajstić information content (AvgIpc) is 3.38. The summed E-state index contributed by atoms with van der Waals surface area (Å²) in [4.78, 5) is 38.6. The molecule has 4 heterocycles. The molecule has 3 atom stereocenters. The summed E-state index contributed by atoms with van der Waals surface area (Å²) in [6.45, 7) is 0.676. The number of rotatable bonds is 3. The molecule has 9 heteroatoms. The molecule has 2 spiro atoms. The fraction of sp³-hybridized carbons (Fsp3) is 0.259. The Morgan fingerprint density at radius 2 is 1.81 bits per heavy atom. The summed E-state index contributed by atoms with van der Waals surface area (Å²) < 4.78 is 13.8. The number of nitrogens with zero attached hydrogens (tertiary/aromatic N) is 4. The Hall–Kier alpha value is -3.14. The number of aromatic nitrogens is 1. The van der Waals surface area contributed by atoms with Crippen molar-refractivity contribution < 1.29 is 14.0 Å². The number of pyridine rings is 1. The van der Waals surface area contributed by atoms with Crippen molar-refractivity contribution in [2.75, 3.05) is 25.5 Å². The second kappa shape index (κ2) is 8.19. The molecule has 3 aliphatic heterocycles. The van der Waals surface area contributed by atoms with Crippen molar-refractivity contribution in [3.8, 4) is 0 Å². The highest BCUT2D eigenvalue weighted by Crippen LogP contribution is 2.66. The lowest BCUT2D eigenvalue weighted by Gasteiger charge is -2.42. The molecule has 0 aliphatic carbocycles. The van der Waals surface area contributed by atoms with E-state index in [0.29, 0.717) is 34.4 Å². The SMILES string of the molecule is CN1C(=O)C2(c3cc(F)ccc31)N(C)CC(c1ccccn1)C21SC(=S)N(Cc2ccccc2)C1=O. The van der Waals surface area contributed by atoms with Crippen molar-refractivity contribution >= 4 is 45.8 Å². The number of anilines is 1. The zero-order valence-corrected chi connectivity index (χ0v) is 21.4. The third-order valence-electron chi connectivity index (χ3n) is 7.64. The number of hydrogen-bond donors (Lipinski definition) is 0. The van der Waals surface area contributed by atoms with Crippen LogP contribution in [0.3, 0.4) is 0 Å². The fourth-order valence-electron chi connectivity index (χ4n) is 6.12. The van der Waals surface area contributed by atoms with Crippen LogP contribution in [0.4, 0.5) is 10.1 Å². The van der Waals surface area contributed by atoms with Gasteiger partial charge in [-0.3, -0.25) is 24.4 Å². The summed E-state index contributed by atoms with van der Waals surface area (Å²) in [5.41, 5.74) is 1.27. The van der Waals surface area contributed by atoms with Crippen molar-refractivity contribution in [3.05, 3.63) is 95.6 Å². The first-order valence-electron chi connectivity index (χ1n) is 11.6. The maximum absolute atomic E-state index is 14.7. The van der Waals surface area contributed by atoms with Gasteiger partial charge in [-0.25, -0.2) is 4.39 Å². The zero-order chi connectivity index (χ0) is 25.2. The Bertz CT molecular complexity index is 1410. The Balaban J connectivity index is 1.60. The number of thioether (sulfide) groups is 1. The molecule has 182 valence electrons. The smallest absolute Gasteiger partial charge is 0.254 e. The van der Waals surface area contributed by atoms with Gasteiger partial charge < -0.3 is 4.90 Å². The van der Waals surface area contributed by atoms with Crippen LogP contribution in [0.2, 0.25) is 0 Å². The van der Waals surface area contributed by atoms with Crippen LogP contribution < -0.4 is 4.90 Å². The molecule has 3 unspecified atom stereocenters. The van der Waals surface area contributed by atoms with Crippen LogP contribution in [0.15, 0.2) is 72.9 Å². The molecule has 2 amide bonds. The first-order chi connectivity index (χ1) is 17.3. The number of hydrogen-bond acceptors (Lipinski definition) is 6. The number of benzene rings is 2. The maximum atomic E-state index is 14.7. The van der Waals surface area contributed by atoms with Crippen molar-refractivity contribution in [1.82, 2.24) is 14.8 Å². The third-order valence-corrected chi connectivity index (χ3v) is 9.58. The number of fused-ring (bicyclic) bond motifs is 3. The molecule has 3 aliphatic rings. The van der Waals surface area contributed by atoms with E-state index in [2.05, 4.69) is 4.98 Å². The highest BCUT2D eigenvalue weighted by Gasteiger charge is 2.78. The fourth-order valence-corrected chi connectivity index (χ4v) is 8.23. The van der Waals surface area contributed by atoms with Gasteiger partial charge in [0.1, 0.15) is 14.9 Å². The van der Waals surface area contributed by atoms with Crippen molar-refractivity contribution in [2.24, 2.45) is 0 Å². The lowest BCUT2D eigenvalue weighted by Crippen LogP contribution is -2.62. The van der Waals surface area contributed by atoms with E-state index in [1.165, 1.54) is 28.8 Å². The zero-order valence-electron chi connectivity index (χ0n) is 19.7. The lowest BCUT2D eigenvalue weighted by atomic mass is 9.72. The number of likely N-dealkylation sites (tertiary alicyclic amines) is 1. The monoisotopic (exact) mass is 518 g/mol. The van der Waals surface area contributed by atoms with Gasteiger partial charge in [0.05, 0.1) is 6.54 Å². The lowest BCUT2D eigenvalue weighted by molar-refractivity contribution is -0.139. The number of likely N-dealkylation sites (N-methyl/N-ethyl adjacent to an activating group) is 2. The van der Waals surface area contributed by atoms with Crippen molar-refractivity contribution in [3.63, 3.8) is 0 Å². The minimum Gasteiger partial charge on any atom is -0.313 e. The molecule has 2 saturated heterocycles. The van der Waals surface area contributed by atoms with Crippen LogP contribution in [0.25, 0.3) is 0 Å². The topological polar surface area (TPSA) is 56.8 Å². The van der Waals surface area contributed by atoms with E-state index in [1.807, 2.05) is 60.5 Å². The van der Waals surface area contributed by atoms with E-state index < -0.39 is 22.0 Å². The highest BCUT2D eigenvalue weighted by molar-refractivity contribution is 8.25. The number of amides is 2. The number of thiocarbonyl (C=S) groups is 1. The van der Waals surface area contributed by atoms with Crippen LogP contribution in [0.5, 0.6) is 0 Å². The summed E-state index contributed by atoms with van der Waals surface area (Å²) in [6, 6.07) is 19.6. The third kappa shape index (κ3) is 2.87. The van der Waals surface area contributed by atoms with Crippen LogP contribution in [0.1, 0.15) is 22.7 Å². The Kier molecular flexibility index (Phi) is 5.30. The van der Waals surface area contributed by atoms with Crippen LogP contribution in [0, 0.1) is 5.82 Å². The van der Waals surface area contributed by atoms with E-state index in [0.717, 1.165) is 5.56 Å². The molecule has 1 aromatic heterocycles. The molecular formula is C27H23FN4O2S2. The van der Waals surface area contributed by atoms with Gasteiger partial charge in [-0.05, 0) is 42.9 Å². The summed E-state index contributed by atoms with van der Waals surface area (Å²) in [5, 5.41) is 0. The van der Waals surface area contributed by atoms with Crippen LogP contribution in [-0.2, 0) is 21.7 Å². The number of carbonyl (C=O) groups excluding carboxylic acids is 2. The minimum absolute atomic E-state index is 0.250. The van der Waals surface area contributed by atoms with Crippen molar-refractivity contribution in [1.29, 1.82) is 0 Å². The van der Waals surface area contributed by atoms with Gasteiger partial charge in [-0.15, -0.1) is 0 Å². The van der Waals surface area contributed by atoms with Crippen LogP contribution >= 0.6 is 24.0 Å². The molecule has 6 rings (SSSR count). The van der Waals surface area contributed by atoms with Gasteiger partial charge in [0.15, 0.2) is 5.54 Å². The second-order valence-electron chi connectivity index (χ2n) is 9.40. The van der Waals surface area contributed by atoms with E-state index >= 15 is 0 Å². The normalized spacial score (nSPS) is 27.6. The van der Waals surface area contributed by atoms with Gasteiger partial charge in [0.25, 0.3) is 5.91 Å². The maximum Gasteiger partial charge on any atom is 0.254 e. The van der Waals surface area contributed by atoms with Gasteiger partial charge >= 0.3 is 0 Å². The minimum atomic E-state index is -1.45. The number of halogens is 1. The molecule has 2 aromatic carbocycles. The summed E-state index contributed by atoms with van der Waals surface area (Å²) in [7, 11) is 3.50. The van der Waals surface area contributed by atoms with E-state index in [9.17, 15) is 14.0 Å². The van der Waals surface area contributed by atoms with Crippen LogP contribution in [-0.4, -0.2) is 56.3 Å². The molecule has 0 radical (unpaired) electrons. The second-order valence-corrected chi connectivity index (χ2v) is 11.3. The quantitative estimate of drug-likeness (QED) is 0.490. The van der Waals surface area contributed by atoms with Gasteiger partial charge in [-0.1, -0.05) is 60.4 Å². The standard InChI is InChI=1S/C27H23FN4O2S2/c1-30-16-20(21-10-6-7-13-29-21)27(24(34)32(25(35)36-27)15-17-8-4-3-5-9-17)26(30)19-14-18(28)11-12-22(19)31(2)23(26)33/h3-14,20H,15-16H2,1-2H3. The van der Waals surface area contributed by atoms with E-state index in [-0.39, 0.29) is 11.8 Å². The van der Waals surface area contributed by atoms with E-state index in [1.54, 1.807) is 24.2 Å². The molecule has 0 saturated carbocycles. The molecule has 6 nitrogen and oxygen atoms in total. The summed E-state index contributed by atoms with van der Waals surface area (Å²) >= 11 is 7.05. The summed E-state index contributed by atoms with van der Waals surface area (Å²) in [6.07, 6.45) is 1.69. The first kappa shape index (κ1) is 23.3. The Labute approximate surface area is 218 Å². The number of carbonyl (C=O) groups is 2. The molecule has 0 N–H and O–H groups in total. The Morgan fingerprint density at radius 3 is 2.53 bits per heavy atom. The predicted molar refractivity (Wildman–Crippen MR) is 141 cm³/mol. The molecule has 0 bridgehead atoms. The molecule has 3 aromatic rings. The predicted octanol–water partition coefficient (Wildman–Crippen LogP) is 3.92. The average molecular weight is 519 g/mol. The molecule has 36 heavy (non-hydrogen) atoms.